The number of rotatable bonds is 2. The fourth-order valence-corrected chi connectivity index (χ4v) is 2.32. The first-order valence-corrected chi connectivity index (χ1v) is 6.37. The van der Waals surface area contributed by atoms with Crippen molar-refractivity contribution in [2.45, 2.75) is 13.0 Å². The molecule has 0 aliphatic rings. The van der Waals surface area contributed by atoms with Gasteiger partial charge < -0.3 is 5.73 Å². The van der Waals surface area contributed by atoms with Crippen molar-refractivity contribution in [1.82, 2.24) is 9.78 Å². The summed E-state index contributed by atoms with van der Waals surface area (Å²) >= 11 is 9.56. The summed E-state index contributed by atoms with van der Waals surface area (Å²) in [5.74, 6) is 0. The van der Waals surface area contributed by atoms with E-state index in [1.165, 1.54) is 0 Å². The number of nitrogens with zero attached hydrogens (tertiary/aromatic N) is 2. The molecule has 2 aromatic rings. The van der Waals surface area contributed by atoms with Gasteiger partial charge >= 0.3 is 0 Å². The molecule has 1 aromatic heterocycles. The molecule has 0 saturated heterocycles. The molecule has 5 heteroatoms. The van der Waals surface area contributed by atoms with E-state index in [4.69, 9.17) is 17.3 Å². The van der Waals surface area contributed by atoms with Crippen molar-refractivity contribution in [3.8, 4) is 0 Å². The minimum absolute atomic E-state index is 0.262. The molecule has 0 aliphatic heterocycles. The molecule has 1 atom stereocenters. The second-order valence-corrected chi connectivity index (χ2v) is 5.25. The van der Waals surface area contributed by atoms with Gasteiger partial charge in [0.1, 0.15) is 0 Å². The maximum atomic E-state index is 6.22. The van der Waals surface area contributed by atoms with Crippen molar-refractivity contribution in [2.24, 2.45) is 12.8 Å². The van der Waals surface area contributed by atoms with Crippen LogP contribution in [0.3, 0.4) is 0 Å². The van der Waals surface area contributed by atoms with Crippen molar-refractivity contribution in [1.29, 1.82) is 0 Å². The third-order valence-electron chi connectivity index (χ3n) is 2.77. The molecule has 2 rings (SSSR count). The molecular weight excluding hydrogens is 302 g/mol. The lowest BCUT2D eigenvalue weighted by Gasteiger charge is -2.14. The van der Waals surface area contributed by atoms with E-state index < -0.39 is 0 Å². The second-order valence-electron chi connectivity index (χ2n) is 3.99. The van der Waals surface area contributed by atoms with Gasteiger partial charge in [0.05, 0.1) is 23.0 Å². The summed E-state index contributed by atoms with van der Waals surface area (Å²) in [5, 5.41) is 4.70. The molecule has 0 radical (unpaired) electrons. The van der Waals surface area contributed by atoms with E-state index in [2.05, 4.69) is 27.1 Å². The zero-order valence-corrected chi connectivity index (χ0v) is 12.0. The van der Waals surface area contributed by atoms with Gasteiger partial charge in [-0.05, 0) is 24.1 Å². The summed E-state index contributed by atoms with van der Waals surface area (Å²) in [4.78, 5) is 0. The van der Waals surface area contributed by atoms with Crippen LogP contribution >= 0.6 is 27.5 Å². The molecule has 1 heterocycles. The Balaban J connectivity index is 2.43. The minimum Gasteiger partial charge on any atom is -0.319 e. The topological polar surface area (TPSA) is 43.8 Å². The fourth-order valence-electron chi connectivity index (χ4n) is 1.79. The molecule has 1 unspecified atom stereocenters. The smallest absolute Gasteiger partial charge is 0.0837 e. The van der Waals surface area contributed by atoms with Crippen LogP contribution < -0.4 is 5.73 Å². The maximum absolute atomic E-state index is 6.22. The molecule has 0 bridgehead atoms. The largest absolute Gasteiger partial charge is 0.319 e. The van der Waals surface area contributed by atoms with Crippen molar-refractivity contribution in [2.75, 3.05) is 0 Å². The van der Waals surface area contributed by atoms with Crippen LogP contribution in [-0.2, 0) is 7.05 Å². The zero-order valence-electron chi connectivity index (χ0n) is 9.61. The van der Waals surface area contributed by atoms with Crippen molar-refractivity contribution in [3.63, 3.8) is 0 Å². The summed E-state index contributed by atoms with van der Waals surface area (Å²) in [7, 11) is 1.84. The summed E-state index contributed by atoms with van der Waals surface area (Å²) in [6.07, 6.45) is 1.61. The van der Waals surface area contributed by atoms with Gasteiger partial charge in [-0.3, -0.25) is 4.68 Å². The van der Waals surface area contributed by atoms with Crippen LogP contribution in [-0.4, -0.2) is 9.78 Å². The Kier molecular flexibility index (Phi) is 3.56. The molecule has 1 aromatic carbocycles. The van der Waals surface area contributed by atoms with E-state index in [9.17, 15) is 0 Å². The molecule has 17 heavy (non-hydrogen) atoms. The average Bonchev–Trinajstić information content (AvgIpc) is 2.62. The van der Waals surface area contributed by atoms with Crippen molar-refractivity contribution >= 4 is 27.5 Å². The summed E-state index contributed by atoms with van der Waals surface area (Å²) in [5.41, 5.74) is 9.22. The van der Waals surface area contributed by atoms with E-state index in [-0.39, 0.29) is 6.04 Å². The number of aromatic nitrogens is 2. The summed E-state index contributed by atoms with van der Waals surface area (Å²) < 4.78 is 2.79. The van der Waals surface area contributed by atoms with Gasteiger partial charge in [0.15, 0.2) is 0 Å². The van der Waals surface area contributed by atoms with E-state index in [1.54, 1.807) is 10.9 Å². The van der Waals surface area contributed by atoms with Gasteiger partial charge in [-0.1, -0.05) is 39.7 Å². The Morgan fingerprint density at radius 3 is 2.71 bits per heavy atom. The third kappa shape index (κ3) is 2.39. The van der Waals surface area contributed by atoms with Crippen molar-refractivity contribution < 1.29 is 0 Å². The predicted octanol–water partition coefficient (Wildman–Crippen LogP) is 3.19. The standard InChI is InChI=1S/C12H13BrClN3/c1-7-5-8(3-4-9(7)13)11(15)12-10(14)6-16-17(12)2/h3-6,11H,15H2,1-2H3. The molecule has 0 amide bonds. The lowest BCUT2D eigenvalue weighted by molar-refractivity contribution is 0.673. The summed E-state index contributed by atoms with van der Waals surface area (Å²) in [6, 6.07) is 5.78. The average molecular weight is 315 g/mol. The Morgan fingerprint density at radius 1 is 1.47 bits per heavy atom. The summed E-state index contributed by atoms with van der Waals surface area (Å²) in [6.45, 7) is 2.03. The number of hydrogen-bond donors (Lipinski definition) is 1. The number of hydrogen-bond acceptors (Lipinski definition) is 2. The highest BCUT2D eigenvalue weighted by Crippen LogP contribution is 2.28. The Bertz CT molecular complexity index is 531. The van der Waals surface area contributed by atoms with E-state index in [0.717, 1.165) is 21.3 Å². The lowest BCUT2D eigenvalue weighted by atomic mass is 10.0. The van der Waals surface area contributed by atoms with Crippen LogP contribution in [0, 0.1) is 6.92 Å². The van der Waals surface area contributed by atoms with Crippen LogP contribution in [0.4, 0.5) is 0 Å². The fraction of sp³-hybridized carbons (Fsp3) is 0.250. The monoisotopic (exact) mass is 313 g/mol. The van der Waals surface area contributed by atoms with Gasteiger partial charge in [0, 0.05) is 11.5 Å². The third-order valence-corrected chi connectivity index (χ3v) is 3.95. The van der Waals surface area contributed by atoms with Gasteiger partial charge in [0.25, 0.3) is 0 Å². The van der Waals surface area contributed by atoms with Gasteiger partial charge in [-0.2, -0.15) is 5.10 Å². The molecule has 0 saturated carbocycles. The van der Waals surface area contributed by atoms with Crippen LogP contribution in [0.25, 0.3) is 0 Å². The Labute approximate surface area is 114 Å². The number of nitrogens with two attached hydrogens (primary N) is 1. The first kappa shape index (κ1) is 12.6. The number of benzene rings is 1. The highest BCUT2D eigenvalue weighted by molar-refractivity contribution is 9.10. The van der Waals surface area contributed by atoms with Gasteiger partial charge in [-0.15, -0.1) is 0 Å². The van der Waals surface area contributed by atoms with E-state index in [0.29, 0.717) is 5.02 Å². The van der Waals surface area contributed by atoms with Gasteiger partial charge in [0.2, 0.25) is 0 Å². The van der Waals surface area contributed by atoms with Crippen LogP contribution in [0.15, 0.2) is 28.9 Å². The van der Waals surface area contributed by atoms with Gasteiger partial charge in [-0.25, -0.2) is 0 Å². The highest BCUT2D eigenvalue weighted by Gasteiger charge is 2.17. The quantitative estimate of drug-likeness (QED) is 0.925. The second kappa shape index (κ2) is 4.80. The molecule has 2 N–H and O–H groups in total. The van der Waals surface area contributed by atoms with Crippen molar-refractivity contribution in [3.05, 3.63) is 50.7 Å². The molecule has 0 aliphatic carbocycles. The minimum atomic E-state index is -0.262. The lowest BCUT2D eigenvalue weighted by Crippen LogP contribution is -2.16. The maximum Gasteiger partial charge on any atom is 0.0837 e. The first-order valence-electron chi connectivity index (χ1n) is 5.19. The highest BCUT2D eigenvalue weighted by atomic mass is 79.9. The number of aryl methyl sites for hydroxylation is 2. The number of halogens is 2. The molecule has 90 valence electrons. The Hall–Kier alpha value is -0.840. The molecule has 0 fully saturated rings. The van der Waals surface area contributed by atoms with Crippen LogP contribution in [0.2, 0.25) is 5.02 Å². The molecule has 0 spiro atoms. The molecular formula is C12H13BrClN3. The zero-order chi connectivity index (χ0) is 12.6. The molecule has 3 nitrogen and oxygen atoms in total. The van der Waals surface area contributed by atoms with Crippen LogP contribution in [0.5, 0.6) is 0 Å². The van der Waals surface area contributed by atoms with E-state index in [1.807, 2.05) is 26.1 Å². The van der Waals surface area contributed by atoms with Crippen LogP contribution in [0.1, 0.15) is 22.9 Å². The predicted molar refractivity (Wildman–Crippen MR) is 73.1 cm³/mol. The SMILES string of the molecule is Cc1cc(C(N)c2c(Cl)cnn2C)ccc1Br. The normalized spacial score (nSPS) is 12.8. The first-order chi connectivity index (χ1) is 8.00. The van der Waals surface area contributed by atoms with E-state index >= 15 is 0 Å². The Morgan fingerprint density at radius 2 is 2.18 bits per heavy atom.